The molecule has 0 radical (unpaired) electrons. The summed E-state index contributed by atoms with van der Waals surface area (Å²) in [4.78, 5) is 22.7. The standard InChI is InChI=1S/C23H22ClN5OS/c24-19-12-26-22(28-23(30)16-3-1-7-25-11-16)10-18(19)15-5-6-20-21(9-15)29(14-27-20)13-17-4-2-8-31-17/h2,4-6,8-10,12,14,16,25H,1,3,7,11,13H2,(H,26,28,30). The van der Waals surface area contributed by atoms with Crippen molar-refractivity contribution in [1.29, 1.82) is 0 Å². The number of anilines is 1. The molecule has 0 bridgehead atoms. The third-order valence-electron chi connectivity index (χ3n) is 5.61. The number of halogens is 1. The molecule has 0 spiro atoms. The summed E-state index contributed by atoms with van der Waals surface area (Å²) in [7, 11) is 0. The lowest BCUT2D eigenvalue weighted by atomic mass is 9.99. The number of aromatic nitrogens is 3. The van der Waals surface area contributed by atoms with Crippen molar-refractivity contribution >= 4 is 45.7 Å². The number of nitrogens with one attached hydrogen (secondary N) is 2. The summed E-state index contributed by atoms with van der Waals surface area (Å²) >= 11 is 8.22. The van der Waals surface area contributed by atoms with Gasteiger partial charge in [0.1, 0.15) is 5.82 Å². The topological polar surface area (TPSA) is 71.8 Å². The van der Waals surface area contributed by atoms with E-state index in [0.717, 1.165) is 48.1 Å². The number of hydrogen-bond acceptors (Lipinski definition) is 5. The summed E-state index contributed by atoms with van der Waals surface area (Å²) in [5, 5.41) is 8.85. The van der Waals surface area contributed by atoms with Crippen molar-refractivity contribution in [3.05, 3.63) is 64.2 Å². The molecule has 31 heavy (non-hydrogen) atoms. The number of carbonyl (C=O) groups is 1. The van der Waals surface area contributed by atoms with Gasteiger partial charge in [-0.25, -0.2) is 9.97 Å². The Balaban J connectivity index is 1.43. The Morgan fingerprint density at radius 2 is 2.23 bits per heavy atom. The molecule has 0 aliphatic carbocycles. The first-order chi connectivity index (χ1) is 15.2. The Bertz CT molecular complexity index is 1210. The molecule has 1 aromatic carbocycles. The molecule has 1 atom stereocenters. The van der Waals surface area contributed by atoms with Crippen LogP contribution in [-0.4, -0.2) is 33.5 Å². The van der Waals surface area contributed by atoms with E-state index in [0.29, 0.717) is 17.4 Å². The number of thiophene rings is 1. The average molecular weight is 452 g/mol. The van der Waals surface area contributed by atoms with Crippen molar-refractivity contribution in [2.75, 3.05) is 18.4 Å². The molecule has 1 aliphatic heterocycles. The number of rotatable bonds is 5. The van der Waals surface area contributed by atoms with E-state index in [2.05, 4.69) is 48.7 Å². The Kier molecular flexibility index (Phi) is 5.72. The highest BCUT2D eigenvalue weighted by Crippen LogP contribution is 2.32. The average Bonchev–Trinajstić information content (AvgIpc) is 3.46. The third kappa shape index (κ3) is 4.35. The second kappa shape index (κ2) is 8.78. The second-order valence-electron chi connectivity index (χ2n) is 7.74. The van der Waals surface area contributed by atoms with Gasteiger partial charge in [-0.15, -0.1) is 11.3 Å². The maximum atomic E-state index is 12.6. The number of piperidine rings is 1. The maximum Gasteiger partial charge on any atom is 0.229 e. The lowest BCUT2D eigenvalue weighted by Crippen LogP contribution is -2.37. The zero-order valence-electron chi connectivity index (χ0n) is 16.8. The molecule has 158 valence electrons. The Hall–Kier alpha value is -2.74. The predicted molar refractivity (Wildman–Crippen MR) is 126 cm³/mol. The molecule has 1 unspecified atom stereocenters. The van der Waals surface area contributed by atoms with Crippen LogP contribution in [0.15, 0.2) is 54.3 Å². The van der Waals surface area contributed by atoms with E-state index in [-0.39, 0.29) is 11.8 Å². The minimum absolute atomic E-state index is 0.00236. The number of benzene rings is 1. The van der Waals surface area contributed by atoms with Crippen molar-refractivity contribution < 1.29 is 4.79 Å². The summed E-state index contributed by atoms with van der Waals surface area (Å²) in [5.74, 6) is 0.484. The van der Waals surface area contributed by atoms with Crippen LogP contribution in [-0.2, 0) is 11.3 Å². The number of imidazole rings is 1. The highest BCUT2D eigenvalue weighted by atomic mass is 35.5. The van der Waals surface area contributed by atoms with Crippen LogP contribution < -0.4 is 10.6 Å². The van der Waals surface area contributed by atoms with Gasteiger partial charge in [0.2, 0.25) is 5.91 Å². The molecule has 1 aliphatic rings. The normalized spacial score (nSPS) is 16.5. The van der Waals surface area contributed by atoms with Gasteiger partial charge in [-0.3, -0.25) is 4.79 Å². The van der Waals surface area contributed by atoms with E-state index in [9.17, 15) is 4.79 Å². The van der Waals surface area contributed by atoms with Crippen molar-refractivity contribution in [2.45, 2.75) is 19.4 Å². The van der Waals surface area contributed by atoms with E-state index in [1.54, 1.807) is 17.5 Å². The van der Waals surface area contributed by atoms with Crippen LogP contribution in [0.25, 0.3) is 22.2 Å². The van der Waals surface area contributed by atoms with Crippen LogP contribution in [0.4, 0.5) is 5.82 Å². The largest absolute Gasteiger partial charge is 0.325 e. The van der Waals surface area contributed by atoms with Crippen LogP contribution in [0.5, 0.6) is 0 Å². The van der Waals surface area contributed by atoms with Gasteiger partial charge >= 0.3 is 0 Å². The van der Waals surface area contributed by atoms with Gasteiger partial charge in [-0.1, -0.05) is 23.7 Å². The summed E-state index contributed by atoms with van der Waals surface area (Å²) in [6.07, 6.45) is 5.37. The van der Waals surface area contributed by atoms with Crippen LogP contribution >= 0.6 is 22.9 Å². The van der Waals surface area contributed by atoms with Gasteiger partial charge in [0.05, 0.1) is 34.8 Å². The van der Waals surface area contributed by atoms with Crippen molar-refractivity contribution in [3.8, 4) is 11.1 Å². The minimum atomic E-state index is -0.0300. The highest BCUT2D eigenvalue weighted by molar-refractivity contribution is 7.09. The van der Waals surface area contributed by atoms with Crippen LogP contribution in [0.1, 0.15) is 17.7 Å². The zero-order chi connectivity index (χ0) is 21.2. The number of amides is 1. The molecule has 2 N–H and O–H groups in total. The van der Waals surface area contributed by atoms with E-state index in [4.69, 9.17) is 11.6 Å². The summed E-state index contributed by atoms with van der Waals surface area (Å²) in [6.45, 7) is 2.45. The zero-order valence-corrected chi connectivity index (χ0v) is 18.4. The van der Waals surface area contributed by atoms with E-state index < -0.39 is 0 Å². The van der Waals surface area contributed by atoms with Gasteiger partial charge in [-0.2, -0.15) is 0 Å². The minimum Gasteiger partial charge on any atom is -0.325 e. The van der Waals surface area contributed by atoms with E-state index in [1.807, 2.05) is 24.5 Å². The molecule has 6 nitrogen and oxygen atoms in total. The molecule has 8 heteroatoms. The quantitative estimate of drug-likeness (QED) is 0.457. The second-order valence-corrected chi connectivity index (χ2v) is 9.18. The molecule has 4 aromatic rings. The fraction of sp³-hybridized carbons (Fsp3) is 0.261. The molecule has 4 heterocycles. The fourth-order valence-corrected chi connectivity index (χ4v) is 4.87. The van der Waals surface area contributed by atoms with Crippen molar-refractivity contribution in [2.24, 2.45) is 5.92 Å². The number of nitrogens with zero attached hydrogens (tertiary/aromatic N) is 3. The van der Waals surface area contributed by atoms with Gasteiger partial charge in [0.25, 0.3) is 0 Å². The van der Waals surface area contributed by atoms with E-state index in [1.165, 1.54) is 4.88 Å². The first kappa shape index (κ1) is 20.2. The third-order valence-corrected chi connectivity index (χ3v) is 6.77. The lowest BCUT2D eigenvalue weighted by Gasteiger charge is -2.21. The predicted octanol–water partition coefficient (Wildman–Crippen LogP) is 4.80. The highest BCUT2D eigenvalue weighted by Gasteiger charge is 2.21. The molecule has 1 fully saturated rings. The number of pyridine rings is 1. The smallest absolute Gasteiger partial charge is 0.229 e. The van der Waals surface area contributed by atoms with Gasteiger partial charge in [-0.05, 0) is 54.6 Å². The van der Waals surface area contributed by atoms with Crippen LogP contribution in [0.2, 0.25) is 5.02 Å². The summed E-state index contributed by atoms with van der Waals surface area (Å²) in [5.41, 5.74) is 3.77. The first-order valence-electron chi connectivity index (χ1n) is 10.3. The Labute approximate surface area is 189 Å². The number of fused-ring (bicyclic) bond motifs is 1. The maximum absolute atomic E-state index is 12.6. The Morgan fingerprint density at radius 3 is 3.03 bits per heavy atom. The molecular formula is C23H22ClN5OS. The van der Waals surface area contributed by atoms with Gasteiger partial charge < -0.3 is 15.2 Å². The van der Waals surface area contributed by atoms with Crippen molar-refractivity contribution in [1.82, 2.24) is 19.9 Å². The first-order valence-corrected chi connectivity index (χ1v) is 11.6. The summed E-state index contributed by atoms with van der Waals surface area (Å²) < 4.78 is 2.14. The van der Waals surface area contributed by atoms with Gasteiger partial charge in [0.15, 0.2) is 0 Å². The molecule has 3 aromatic heterocycles. The van der Waals surface area contributed by atoms with Gasteiger partial charge in [0, 0.05) is 23.2 Å². The molecule has 1 amide bonds. The van der Waals surface area contributed by atoms with Crippen LogP contribution in [0.3, 0.4) is 0 Å². The molecular weight excluding hydrogens is 430 g/mol. The van der Waals surface area contributed by atoms with Crippen molar-refractivity contribution in [3.63, 3.8) is 0 Å². The monoisotopic (exact) mass is 451 g/mol. The molecule has 0 saturated carbocycles. The number of hydrogen-bond donors (Lipinski definition) is 2. The van der Waals surface area contributed by atoms with E-state index >= 15 is 0 Å². The summed E-state index contributed by atoms with van der Waals surface area (Å²) in [6, 6.07) is 12.1. The molecule has 5 rings (SSSR count). The fourth-order valence-electron chi connectivity index (χ4n) is 3.95. The SMILES string of the molecule is O=C(Nc1cc(-c2ccc3ncn(Cc4cccs4)c3c2)c(Cl)cn1)C1CCCNC1. The Morgan fingerprint density at radius 1 is 1.29 bits per heavy atom. The van der Waals surface area contributed by atoms with Crippen LogP contribution in [0, 0.1) is 5.92 Å². The number of carbonyl (C=O) groups excluding carboxylic acids is 1. The molecule has 1 saturated heterocycles. The lowest BCUT2D eigenvalue weighted by molar-refractivity contribution is -0.120.